The van der Waals surface area contributed by atoms with Gasteiger partial charge in [0.15, 0.2) is 6.10 Å². The number of hydrogen-bond donors (Lipinski definition) is 2. The maximum Gasteiger partial charge on any atom is 0.332 e. The highest BCUT2D eigenvalue weighted by Gasteiger charge is 2.34. The molecule has 0 aliphatic carbocycles. The Labute approximate surface area is 101 Å². The number of nitrogens with one attached hydrogen (secondary N) is 1. The van der Waals surface area contributed by atoms with Gasteiger partial charge in [0.25, 0.3) is 5.91 Å². The zero-order valence-electron chi connectivity index (χ0n) is 9.04. The largest absolute Gasteiger partial charge is 0.479 e. The first-order valence-electron chi connectivity index (χ1n) is 5.05. The van der Waals surface area contributed by atoms with E-state index in [9.17, 15) is 9.59 Å². The van der Waals surface area contributed by atoms with Gasteiger partial charge in [-0.05, 0) is 19.8 Å². The molecule has 1 aromatic rings. The maximum atomic E-state index is 11.7. The predicted octanol–water partition coefficient (Wildman–Crippen LogP) is 0.417. The van der Waals surface area contributed by atoms with Gasteiger partial charge in [-0.1, -0.05) is 11.3 Å². The van der Waals surface area contributed by atoms with E-state index in [4.69, 9.17) is 9.84 Å². The normalized spacial score (nSPS) is 23.6. The highest BCUT2D eigenvalue weighted by Crippen LogP contribution is 2.22. The van der Waals surface area contributed by atoms with Gasteiger partial charge in [-0.25, -0.2) is 4.79 Å². The van der Waals surface area contributed by atoms with Crippen molar-refractivity contribution in [1.82, 2.24) is 10.2 Å². The van der Waals surface area contributed by atoms with E-state index in [2.05, 4.69) is 15.5 Å². The summed E-state index contributed by atoms with van der Waals surface area (Å²) in [4.78, 5) is 22.4. The second-order valence-electron chi connectivity index (χ2n) is 3.64. The third-order valence-corrected chi connectivity index (χ3v) is 3.10. The molecule has 1 saturated heterocycles. The average Bonchev–Trinajstić information content (AvgIpc) is 2.86. The van der Waals surface area contributed by atoms with Crippen molar-refractivity contribution < 1.29 is 19.4 Å². The Hall–Kier alpha value is -1.54. The third-order valence-electron chi connectivity index (χ3n) is 2.34. The maximum absolute atomic E-state index is 11.7. The lowest BCUT2D eigenvalue weighted by Crippen LogP contribution is -2.29. The highest BCUT2D eigenvalue weighted by atomic mass is 32.1. The first-order chi connectivity index (χ1) is 8.06. The molecule has 0 radical (unpaired) electrons. The number of ether oxygens (including phenoxy) is 1. The highest BCUT2D eigenvalue weighted by molar-refractivity contribution is 7.15. The molecule has 2 heterocycles. The van der Waals surface area contributed by atoms with Crippen molar-refractivity contribution in [3.8, 4) is 0 Å². The second kappa shape index (κ2) is 4.76. The molecule has 2 unspecified atom stereocenters. The van der Waals surface area contributed by atoms with Crippen molar-refractivity contribution in [2.24, 2.45) is 0 Å². The summed E-state index contributed by atoms with van der Waals surface area (Å²) in [5.74, 6) is -1.41. The van der Waals surface area contributed by atoms with Crippen LogP contribution in [0.3, 0.4) is 0 Å². The van der Waals surface area contributed by atoms with Crippen LogP contribution >= 0.6 is 11.3 Å². The Morgan fingerprint density at radius 3 is 2.65 bits per heavy atom. The summed E-state index contributed by atoms with van der Waals surface area (Å²) in [5.41, 5.74) is 0. The molecule has 2 atom stereocenters. The number of carboxylic acid groups (broad SMARTS) is 1. The number of carboxylic acids is 1. The first kappa shape index (κ1) is 11.9. The topological polar surface area (TPSA) is 101 Å². The fraction of sp³-hybridized carbons (Fsp3) is 0.556. The number of nitrogens with zero attached hydrogens (tertiary/aromatic N) is 2. The monoisotopic (exact) mass is 257 g/mol. The number of anilines is 1. The van der Waals surface area contributed by atoms with Gasteiger partial charge < -0.3 is 9.84 Å². The molecule has 17 heavy (non-hydrogen) atoms. The minimum atomic E-state index is -1.04. The van der Waals surface area contributed by atoms with Crippen LogP contribution in [0.4, 0.5) is 5.13 Å². The Morgan fingerprint density at radius 2 is 2.12 bits per heavy atom. The summed E-state index contributed by atoms with van der Waals surface area (Å²) in [6.07, 6.45) is -0.856. The van der Waals surface area contributed by atoms with E-state index < -0.39 is 18.2 Å². The van der Waals surface area contributed by atoms with Gasteiger partial charge in [0.2, 0.25) is 5.13 Å². The summed E-state index contributed by atoms with van der Waals surface area (Å²) in [5, 5.41) is 19.9. The molecular formula is C9H11N3O4S. The van der Waals surface area contributed by atoms with Crippen LogP contribution in [0.1, 0.15) is 17.8 Å². The van der Waals surface area contributed by atoms with Crippen molar-refractivity contribution in [3.63, 3.8) is 0 Å². The van der Waals surface area contributed by atoms with E-state index in [1.54, 1.807) is 6.92 Å². The number of rotatable bonds is 3. The molecule has 7 nitrogen and oxygen atoms in total. The molecule has 1 amide bonds. The number of carbonyl (C=O) groups is 2. The van der Waals surface area contributed by atoms with Gasteiger partial charge in [0.05, 0.1) is 0 Å². The molecule has 2 rings (SSSR count). The molecule has 8 heteroatoms. The molecule has 1 fully saturated rings. The van der Waals surface area contributed by atoms with Crippen molar-refractivity contribution in [2.45, 2.75) is 32.0 Å². The van der Waals surface area contributed by atoms with E-state index in [-0.39, 0.29) is 5.91 Å². The molecule has 1 aromatic heterocycles. The predicted molar refractivity (Wildman–Crippen MR) is 58.8 cm³/mol. The smallest absolute Gasteiger partial charge is 0.332 e. The fourth-order valence-electron chi connectivity index (χ4n) is 1.54. The van der Waals surface area contributed by atoms with E-state index in [1.165, 1.54) is 11.3 Å². The SMILES string of the molecule is Cc1nnc(NC(=O)C2CCC(C(=O)O)O2)s1. The van der Waals surface area contributed by atoms with Crippen LogP contribution in [0.2, 0.25) is 0 Å². The average molecular weight is 257 g/mol. The van der Waals surface area contributed by atoms with E-state index in [0.717, 1.165) is 5.01 Å². The van der Waals surface area contributed by atoms with Crippen LogP contribution in [0.15, 0.2) is 0 Å². The van der Waals surface area contributed by atoms with Crippen molar-refractivity contribution in [3.05, 3.63) is 5.01 Å². The van der Waals surface area contributed by atoms with Gasteiger partial charge in [0.1, 0.15) is 11.1 Å². The Bertz CT molecular complexity index is 447. The van der Waals surface area contributed by atoms with E-state index in [1.807, 2.05) is 0 Å². The van der Waals surface area contributed by atoms with Gasteiger partial charge in [-0.15, -0.1) is 10.2 Å². The minimum Gasteiger partial charge on any atom is -0.479 e. The fourth-order valence-corrected chi connectivity index (χ4v) is 2.14. The molecular weight excluding hydrogens is 246 g/mol. The second-order valence-corrected chi connectivity index (χ2v) is 4.83. The molecule has 0 bridgehead atoms. The number of carbonyl (C=O) groups excluding carboxylic acids is 1. The Morgan fingerprint density at radius 1 is 1.41 bits per heavy atom. The van der Waals surface area contributed by atoms with Gasteiger partial charge in [-0.3, -0.25) is 10.1 Å². The third kappa shape index (κ3) is 2.77. The van der Waals surface area contributed by atoms with Crippen LogP contribution in [0, 0.1) is 6.92 Å². The molecule has 2 N–H and O–H groups in total. The quantitative estimate of drug-likeness (QED) is 0.813. The molecule has 1 aliphatic rings. The van der Waals surface area contributed by atoms with Crippen LogP contribution < -0.4 is 5.32 Å². The van der Waals surface area contributed by atoms with Gasteiger partial charge >= 0.3 is 5.97 Å². The minimum absolute atomic E-state index is 0.350. The number of aromatic nitrogens is 2. The van der Waals surface area contributed by atoms with Crippen LogP contribution in [-0.4, -0.2) is 39.4 Å². The zero-order chi connectivity index (χ0) is 12.4. The molecule has 0 spiro atoms. The summed E-state index contributed by atoms with van der Waals surface area (Å²) in [6.45, 7) is 1.78. The lowest BCUT2D eigenvalue weighted by molar-refractivity contribution is -0.150. The first-order valence-corrected chi connectivity index (χ1v) is 5.87. The lowest BCUT2D eigenvalue weighted by Gasteiger charge is -2.09. The Balaban J connectivity index is 1.91. The lowest BCUT2D eigenvalue weighted by atomic mass is 10.2. The molecule has 0 saturated carbocycles. The van der Waals surface area contributed by atoms with Crippen LogP contribution in [0.25, 0.3) is 0 Å². The Kier molecular flexibility index (Phi) is 3.34. The van der Waals surface area contributed by atoms with Crippen molar-refractivity contribution in [1.29, 1.82) is 0 Å². The van der Waals surface area contributed by atoms with Crippen LogP contribution in [0.5, 0.6) is 0 Å². The summed E-state index contributed by atoms with van der Waals surface area (Å²) in [7, 11) is 0. The van der Waals surface area contributed by atoms with Gasteiger partial charge in [0, 0.05) is 0 Å². The number of aryl methyl sites for hydroxylation is 1. The summed E-state index contributed by atoms with van der Waals surface area (Å²) < 4.78 is 5.11. The van der Waals surface area contributed by atoms with Crippen LogP contribution in [-0.2, 0) is 14.3 Å². The van der Waals surface area contributed by atoms with E-state index in [0.29, 0.717) is 18.0 Å². The number of hydrogen-bond acceptors (Lipinski definition) is 6. The summed E-state index contributed by atoms with van der Waals surface area (Å²) >= 11 is 1.26. The van der Waals surface area contributed by atoms with Crippen molar-refractivity contribution in [2.75, 3.05) is 5.32 Å². The molecule has 1 aliphatic heterocycles. The number of aliphatic carboxylic acids is 1. The van der Waals surface area contributed by atoms with E-state index >= 15 is 0 Å². The zero-order valence-corrected chi connectivity index (χ0v) is 9.86. The summed E-state index contributed by atoms with van der Waals surface area (Å²) in [6, 6.07) is 0. The van der Waals surface area contributed by atoms with Crippen molar-refractivity contribution >= 4 is 28.3 Å². The number of amides is 1. The molecule has 92 valence electrons. The van der Waals surface area contributed by atoms with Gasteiger partial charge in [-0.2, -0.15) is 0 Å². The molecule has 0 aromatic carbocycles. The standard InChI is InChI=1S/C9H11N3O4S/c1-4-11-12-9(17-4)10-7(13)5-2-3-6(16-5)8(14)15/h5-6H,2-3H2,1H3,(H,14,15)(H,10,12,13).